The van der Waals surface area contributed by atoms with Gasteiger partial charge in [-0.3, -0.25) is 14.5 Å². The third kappa shape index (κ3) is 6.63. The predicted molar refractivity (Wildman–Crippen MR) is 189 cm³/mol. The first-order valence-electron chi connectivity index (χ1n) is 16.6. The molecule has 1 aliphatic heterocycles. The Labute approximate surface area is 300 Å². The summed E-state index contributed by atoms with van der Waals surface area (Å²) in [4.78, 5) is 34.7. The Bertz CT molecular complexity index is 2330. The topological polar surface area (TPSA) is 122 Å². The summed E-state index contributed by atoms with van der Waals surface area (Å²) in [6, 6.07) is 14.0. The van der Waals surface area contributed by atoms with Crippen molar-refractivity contribution >= 4 is 41.4 Å². The minimum atomic E-state index is -4.61. The number of phenolic OH excluding ortho intramolecular Hbond substituents is 1. The van der Waals surface area contributed by atoms with Gasteiger partial charge in [0.2, 0.25) is 11.7 Å². The molecular weight excluding hydrogens is 723 g/mol. The molecule has 0 atom stereocenters. The van der Waals surface area contributed by atoms with Crippen LogP contribution in [0.2, 0.25) is 5.02 Å². The second-order valence-corrected chi connectivity index (χ2v) is 17.4. The van der Waals surface area contributed by atoms with Crippen molar-refractivity contribution in [3.8, 4) is 17.1 Å². The summed E-state index contributed by atoms with van der Waals surface area (Å²) in [5, 5.41) is 17.8. The summed E-state index contributed by atoms with van der Waals surface area (Å²) in [7, 11) is -2.53. The van der Waals surface area contributed by atoms with E-state index in [2.05, 4.69) is 20.3 Å². The van der Waals surface area contributed by atoms with E-state index in [0.717, 1.165) is 18.2 Å². The van der Waals surface area contributed by atoms with E-state index >= 15 is 0 Å². The molecule has 0 radical (unpaired) electrons. The number of aromatic nitrogens is 4. The molecule has 1 amide bonds. The molecule has 1 saturated heterocycles. The molecule has 0 bridgehead atoms. The first-order valence-corrected chi connectivity index (χ1v) is 19.6. The number of anilines is 1. The molecule has 5 aromatic rings. The quantitative estimate of drug-likeness (QED) is 0.145. The van der Waals surface area contributed by atoms with Crippen LogP contribution < -0.4 is 16.2 Å². The Morgan fingerprint density at radius 3 is 2.42 bits per heavy atom. The SMILES string of the molecule is CP(C)(=O)c1ccc(-c2nc3n(CC(=O)Nc4ccc(C(F)(F)F)cc4Cl)c4c(c(=O)n3n2)C2(CC4)CCN(Cc3cccc(F)c3O)CC2)cc1. The number of amides is 1. The van der Waals surface area contributed by atoms with E-state index in [-0.39, 0.29) is 40.2 Å². The Balaban J connectivity index is 1.25. The Kier molecular flexibility index (Phi) is 9.07. The number of fused-ring (bicyclic) bond motifs is 3. The van der Waals surface area contributed by atoms with Gasteiger partial charge in [0.15, 0.2) is 17.4 Å². The number of hydrogen-bond acceptors (Lipinski definition) is 7. The van der Waals surface area contributed by atoms with Crippen LogP contribution in [-0.2, 0) is 40.5 Å². The van der Waals surface area contributed by atoms with Gasteiger partial charge in [-0.25, -0.2) is 4.39 Å². The number of carbonyl (C=O) groups is 1. The van der Waals surface area contributed by atoms with Crippen LogP contribution in [0.3, 0.4) is 0 Å². The summed E-state index contributed by atoms with van der Waals surface area (Å²) in [5.41, 5.74) is 0.312. The maximum Gasteiger partial charge on any atom is 0.416 e. The van der Waals surface area contributed by atoms with Crippen LogP contribution in [0.15, 0.2) is 65.5 Å². The lowest BCUT2D eigenvalue weighted by molar-refractivity contribution is -0.137. The Hall–Kier alpha value is -4.52. The number of aromatic hydroxyl groups is 1. The van der Waals surface area contributed by atoms with Crippen molar-refractivity contribution in [1.29, 1.82) is 0 Å². The van der Waals surface area contributed by atoms with Crippen LogP contribution in [0.5, 0.6) is 5.75 Å². The summed E-state index contributed by atoms with van der Waals surface area (Å²) in [6.45, 7) is 4.44. The first-order chi connectivity index (χ1) is 24.5. The summed E-state index contributed by atoms with van der Waals surface area (Å²) in [5.74, 6) is -1.35. The van der Waals surface area contributed by atoms with E-state index in [1.807, 2.05) is 0 Å². The molecule has 2 N–H and O–H groups in total. The molecule has 10 nitrogen and oxygen atoms in total. The first kappa shape index (κ1) is 35.9. The number of nitrogens with one attached hydrogen (secondary N) is 1. The molecule has 16 heteroatoms. The monoisotopic (exact) mass is 756 g/mol. The number of nitrogens with zero attached hydrogens (tertiary/aromatic N) is 5. The van der Waals surface area contributed by atoms with Crippen LogP contribution in [0.1, 0.15) is 41.6 Å². The van der Waals surface area contributed by atoms with Crippen molar-refractivity contribution in [3.63, 3.8) is 0 Å². The molecule has 2 aliphatic rings. The third-order valence-corrected chi connectivity index (χ3v) is 12.0. The summed E-state index contributed by atoms with van der Waals surface area (Å²) < 4.78 is 69.1. The van der Waals surface area contributed by atoms with Gasteiger partial charge in [0.1, 0.15) is 13.7 Å². The molecule has 52 heavy (non-hydrogen) atoms. The van der Waals surface area contributed by atoms with Gasteiger partial charge in [0.05, 0.1) is 16.3 Å². The smallest absolute Gasteiger partial charge is 0.416 e. The number of para-hydroxylation sites is 1. The van der Waals surface area contributed by atoms with Crippen LogP contribution in [-0.4, -0.2) is 61.5 Å². The highest BCUT2D eigenvalue weighted by molar-refractivity contribution is 7.70. The zero-order valence-electron chi connectivity index (χ0n) is 28.2. The van der Waals surface area contributed by atoms with E-state index in [4.69, 9.17) is 11.6 Å². The summed E-state index contributed by atoms with van der Waals surface area (Å²) in [6.07, 6.45) is -2.36. The molecule has 0 saturated carbocycles. The zero-order chi connectivity index (χ0) is 37.2. The fourth-order valence-electron chi connectivity index (χ4n) is 7.33. The predicted octanol–water partition coefficient (Wildman–Crippen LogP) is 6.44. The van der Waals surface area contributed by atoms with E-state index in [0.29, 0.717) is 73.0 Å². The maximum atomic E-state index is 14.4. The summed E-state index contributed by atoms with van der Waals surface area (Å²) >= 11 is 6.14. The minimum Gasteiger partial charge on any atom is -0.505 e. The van der Waals surface area contributed by atoms with Gasteiger partial charge in [-0.15, -0.1) is 5.10 Å². The van der Waals surface area contributed by atoms with Gasteiger partial charge in [0, 0.05) is 39.6 Å². The number of carbonyl (C=O) groups excluding carboxylic acids is 1. The van der Waals surface area contributed by atoms with Crippen LogP contribution >= 0.6 is 18.7 Å². The van der Waals surface area contributed by atoms with E-state index in [9.17, 15) is 36.8 Å². The lowest BCUT2D eigenvalue weighted by Gasteiger charge is -2.39. The van der Waals surface area contributed by atoms with Crippen LogP contribution in [0.4, 0.5) is 23.2 Å². The molecule has 2 aromatic heterocycles. The normalized spacial score (nSPS) is 16.1. The maximum absolute atomic E-state index is 14.4. The number of phenols is 1. The van der Waals surface area contributed by atoms with Gasteiger partial charge in [-0.1, -0.05) is 48.0 Å². The minimum absolute atomic E-state index is 0.00654. The van der Waals surface area contributed by atoms with Crippen LogP contribution in [0, 0.1) is 5.82 Å². The molecule has 3 heterocycles. The number of likely N-dealkylation sites (tertiary alicyclic amines) is 1. The van der Waals surface area contributed by atoms with Crippen molar-refractivity contribution in [3.05, 3.63) is 104 Å². The number of benzene rings is 3. The molecular formula is C36H34ClF4N6O4P. The van der Waals surface area contributed by atoms with E-state index in [1.54, 1.807) is 54.3 Å². The van der Waals surface area contributed by atoms with Crippen molar-refractivity contribution < 1.29 is 32.0 Å². The number of hydrogen-bond donors (Lipinski definition) is 2. The average Bonchev–Trinajstić information content (AvgIpc) is 3.70. The Morgan fingerprint density at radius 1 is 1.06 bits per heavy atom. The highest BCUT2D eigenvalue weighted by Crippen LogP contribution is 2.45. The van der Waals surface area contributed by atoms with E-state index < -0.39 is 36.0 Å². The van der Waals surface area contributed by atoms with E-state index in [1.165, 1.54) is 10.6 Å². The molecule has 1 spiro atoms. The lowest BCUT2D eigenvalue weighted by atomic mass is 9.74. The average molecular weight is 757 g/mol. The van der Waals surface area contributed by atoms with Gasteiger partial charge in [0.25, 0.3) is 5.56 Å². The van der Waals surface area contributed by atoms with Gasteiger partial charge in [-0.05, 0) is 76.4 Å². The highest BCUT2D eigenvalue weighted by atomic mass is 35.5. The largest absolute Gasteiger partial charge is 0.505 e. The third-order valence-electron chi connectivity index (χ3n) is 10.1. The van der Waals surface area contributed by atoms with Crippen LogP contribution in [0.25, 0.3) is 17.2 Å². The second-order valence-electron chi connectivity index (χ2n) is 13.8. The number of alkyl halides is 3. The number of piperidine rings is 1. The molecule has 3 aromatic carbocycles. The standard InChI is InChI=1S/C36H34ClF4N6O4P/c1-52(2,51)24-9-6-21(7-10-24)32-43-34-46(20-29(48)42-27-11-8-23(18-25(27)37)36(39,40)41)28-12-13-35(30(28)33(50)47(34)44-32)14-16-45(17-15-35)19-22-4-3-5-26(38)31(22)49/h3-11,18,49H,12-17,19-20H2,1-2H3,(H,42,48). The number of rotatable bonds is 7. The molecule has 0 unspecified atom stereocenters. The van der Waals surface area contributed by atoms with Gasteiger partial charge >= 0.3 is 6.18 Å². The fourth-order valence-corrected chi connectivity index (χ4v) is 8.42. The molecule has 7 rings (SSSR count). The van der Waals surface area contributed by atoms with Gasteiger partial charge in [-0.2, -0.15) is 22.7 Å². The van der Waals surface area contributed by atoms with Crippen molar-refractivity contribution in [2.45, 2.75) is 50.4 Å². The fraction of sp³-hybridized carbons (Fsp3) is 0.333. The van der Waals surface area contributed by atoms with Gasteiger partial charge < -0.3 is 19.6 Å². The molecule has 1 fully saturated rings. The number of halogens is 5. The van der Waals surface area contributed by atoms with Crippen molar-refractivity contribution in [2.24, 2.45) is 0 Å². The second kappa shape index (κ2) is 13.2. The van der Waals surface area contributed by atoms with Crippen molar-refractivity contribution in [1.82, 2.24) is 24.1 Å². The molecule has 1 aliphatic carbocycles. The molecule has 272 valence electrons. The zero-order valence-corrected chi connectivity index (χ0v) is 29.8. The van der Waals surface area contributed by atoms with Crippen molar-refractivity contribution in [2.75, 3.05) is 31.7 Å². The Morgan fingerprint density at radius 2 is 1.77 bits per heavy atom. The highest BCUT2D eigenvalue weighted by Gasteiger charge is 2.46. The lowest BCUT2D eigenvalue weighted by Crippen LogP contribution is -2.44.